The molecule has 0 aliphatic rings. The molecule has 186 valence electrons. The van der Waals surface area contributed by atoms with Crippen molar-refractivity contribution in [1.29, 1.82) is 0 Å². The smallest absolute Gasteiger partial charge is 0.415 e. The number of carbonyl (C=O) groups is 1. The number of para-hydroxylation sites is 2. The van der Waals surface area contributed by atoms with E-state index in [0.29, 0.717) is 12.4 Å². The minimum Gasteiger partial charge on any atom is -0.492 e. The fourth-order valence-corrected chi connectivity index (χ4v) is 3.81. The molecule has 0 heterocycles. The van der Waals surface area contributed by atoms with Gasteiger partial charge in [0.15, 0.2) is 5.69 Å². The van der Waals surface area contributed by atoms with Crippen molar-refractivity contribution in [3.63, 3.8) is 0 Å². The van der Waals surface area contributed by atoms with Gasteiger partial charge in [0.2, 0.25) is 0 Å². The van der Waals surface area contributed by atoms with Crippen molar-refractivity contribution in [1.82, 2.24) is 0 Å². The van der Waals surface area contributed by atoms with E-state index in [4.69, 9.17) is 14.6 Å². The molecule has 0 aliphatic carbocycles. The number of hydrogen-bond acceptors (Lipinski definition) is 7. The van der Waals surface area contributed by atoms with Crippen LogP contribution in [0.1, 0.15) is 27.7 Å². The first-order valence-electron chi connectivity index (χ1n) is 11.9. The van der Waals surface area contributed by atoms with Gasteiger partial charge in [-0.15, -0.1) is 5.10 Å². The molecule has 0 bridgehead atoms. The molecule has 1 atom stereocenters. The molecule has 0 amide bonds. The number of likely N-dealkylation sites (N-methyl/N-ethyl adjacent to an activating group) is 1. The van der Waals surface area contributed by atoms with Crippen LogP contribution in [0.4, 0.5) is 22.7 Å². The molecule has 0 aliphatic heterocycles. The molecule has 8 heteroatoms. The van der Waals surface area contributed by atoms with E-state index in [1.807, 2.05) is 76.4 Å². The van der Waals surface area contributed by atoms with Crippen LogP contribution in [0.2, 0.25) is 0 Å². The van der Waals surface area contributed by atoms with Gasteiger partial charge in [-0.1, -0.05) is 12.1 Å². The second-order valence-electron chi connectivity index (χ2n) is 7.99. The molecule has 2 rings (SSSR count). The van der Waals surface area contributed by atoms with Crippen molar-refractivity contribution in [2.24, 2.45) is 5.10 Å². The third kappa shape index (κ3) is 6.41. The third-order valence-electron chi connectivity index (χ3n) is 5.58. The highest BCUT2D eigenvalue weighted by Crippen LogP contribution is 2.32. The van der Waals surface area contributed by atoms with E-state index in [-0.39, 0.29) is 12.4 Å². The fraction of sp³-hybridized carbons (Fsp3) is 0.462. The predicted octanol–water partition coefficient (Wildman–Crippen LogP) is 3.16. The summed E-state index contributed by atoms with van der Waals surface area (Å²) in [5.41, 5.74) is 3.78. The highest BCUT2D eigenvalue weighted by Gasteiger charge is 2.29. The maximum absolute atomic E-state index is 13.0. The molecule has 1 unspecified atom stereocenters. The zero-order valence-corrected chi connectivity index (χ0v) is 21.9. The Morgan fingerprint density at radius 3 is 2.21 bits per heavy atom. The van der Waals surface area contributed by atoms with Gasteiger partial charge in [0.1, 0.15) is 11.4 Å². The van der Waals surface area contributed by atoms with Gasteiger partial charge in [0, 0.05) is 52.1 Å². The first-order valence-corrected chi connectivity index (χ1v) is 11.9. The molecule has 1 N–H and O–H groups in total. The Labute approximate surface area is 204 Å². The molecule has 0 saturated carbocycles. The van der Waals surface area contributed by atoms with Crippen LogP contribution < -0.4 is 24.4 Å². The lowest BCUT2D eigenvalue weighted by atomic mass is 10.2. The SMILES string of the molecule is CCOC(=O)/C(=N\N(C)c1ccc(N(CC)CC)cc1OCC)[NH+](C)c1ccccc1N(C)C. The van der Waals surface area contributed by atoms with Gasteiger partial charge in [-0.3, -0.25) is 5.01 Å². The highest BCUT2D eigenvalue weighted by molar-refractivity contribution is 6.31. The monoisotopic (exact) mass is 470 g/mol. The van der Waals surface area contributed by atoms with E-state index in [2.05, 4.69) is 24.8 Å². The summed E-state index contributed by atoms with van der Waals surface area (Å²) in [4.78, 5) is 18.0. The summed E-state index contributed by atoms with van der Waals surface area (Å²) in [5, 5.41) is 6.41. The zero-order valence-electron chi connectivity index (χ0n) is 21.9. The van der Waals surface area contributed by atoms with Crippen LogP contribution in [-0.2, 0) is 9.53 Å². The largest absolute Gasteiger partial charge is 0.492 e. The number of amidine groups is 1. The Morgan fingerprint density at radius 1 is 0.941 bits per heavy atom. The summed E-state index contributed by atoms with van der Waals surface area (Å²) in [6, 6.07) is 14.0. The van der Waals surface area contributed by atoms with E-state index < -0.39 is 5.97 Å². The van der Waals surface area contributed by atoms with Crippen LogP contribution in [0, 0.1) is 0 Å². The van der Waals surface area contributed by atoms with Crippen molar-refractivity contribution in [2.75, 3.05) is 69.3 Å². The second-order valence-corrected chi connectivity index (χ2v) is 7.99. The first-order chi connectivity index (χ1) is 16.3. The molecule has 34 heavy (non-hydrogen) atoms. The van der Waals surface area contributed by atoms with Crippen molar-refractivity contribution in [2.45, 2.75) is 27.7 Å². The minimum absolute atomic E-state index is 0.258. The van der Waals surface area contributed by atoms with Gasteiger partial charge in [-0.25, -0.2) is 9.69 Å². The van der Waals surface area contributed by atoms with Crippen molar-refractivity contribution < 1.29 is 19.2 Å². The Bertz CT molecular complexity index is 973. The quantitative estimate of drug-likeness (QED) is 0.249. The maximum atomic E-state index is 13.0. The Kier molecular flexibility index (Phi) is 10.2. The average molecular weight is 471 g/mol. The van der Waals surface area contributed by atoms with Crippen LogP contribution in [-0.4, -0.2) is 66.3 Å². The summed E-state index contributed by atoms with van der Waals surface area (Å²) in [7, 11) is 7.68. The van der Waals surface area contributed by atoms with Crippen LogP contribution in [0.3, 0.4) is 0 Å². The fourth-order valence-electron chi connectivity index (χ4n) is 3.81. The number of nitrogens with zero attached hydrogens (tertiary/aromatic N) is 4. The van der Waals surface area contributed by atoms with E-state index in [0.717, 1.165) is 40.7 Å². The minimum atomic E-state index is -0.460. The number of ether oxygens (including phenoxy) is 2. The molecule has 2 aromatic rings. The normalized spacial score (nSPS) is 12.2. The lowest BCUT2D eigenvalue weighted by molar-refractivity contribution is -0.703. The van der Waals surface area contributed by atoms with E-state index in [9.17, 15) is 4.79 Å². The molecule has 2 aromatic carbocycles. The standard InChI is InChI=1S/C26H39N5O3/c1-9-31(10-2)20-17-18-23(24(19-20)33-11-3)30(8)27-25(26(32)34-12-4)29(7)22-16-14-13-15-21(22)28(5)6/h13-19H,9-12H2,1-8H3/p+1/b27-25+. The molecular formula is C26H40N5O3+. The number of hydrogen-bond donors (Lipinski definition) is 1. The number of rotatable bonds is 10. The van der Waals surface area contributed by atoms with Gasteiger partial charge in [-0.05, 0) is 45.9 Å². The summed E-state index contributed by atoms with van der Waals surface area (Å²) in [6.07, 6.45) is 0. The van der Waals surface area contributed by atoms with Crippen molar-refractivity contribution >= 4 is 34.6 Å². The molecule has 8 nitrogen and oxygen atoms in total. The van der Waals surface area contributed by atoms with E-state index in [1.165, 1.54) is 0 Å². The Morgan fingerprint density at radius 2 is 1.62 bits per heavy atom. The lowest BCUT2D eigenvalue weighted by Gasteiger charge is -2.25. The zero-order chi connectivity index (χ0) is 25.3. The molecule has 0 aromatic heterocycles. The second kappa shape index (κ2) is 12.8. The number of nitrogens with one attached hydrogen (secondary N) is 1. The van der Waals surface area contributed by atoms with Crippen LogP contribution in [0.15, 0.2) is 47.6 Å². The summed E-state index contributed by atoms with van der Waals surface area (Å²) in [5.74, 6) is 0.514. The van der Waals surface area contributed by atoms with Gasteiger partial charge in [0.05, 0.1) is 25.9 Å². The summed E-state index contributed by atoms with van der Waals surface area (Å²) < 4.78 is 11.3. The maximum Gasteiger partial charge on any atom is 0.415 e. The summed E-state index contributed by atoms with van der Waals surface area (Å²) in [6.45, 7) is 10.6. The third-order valence-corrected chi connectivity index (χ3v) is 5.58. The molecular weight excluding hydrogens is 430 g/mol. The van der Waals surface area contributed by atoms with Crippen LogP contribution in [0.25, 0.3) is 0 Å². The lowest BCUT2D eigenvalue weighted by Crippen LogP contribution is -3.08. The number of esters is 1. The van der Waals surface area contributed by atoms with E-state index >= 15 is 0 Å². The van der Waals surface area contributed by atoms with Gasteiger partial charge in [-0.2, -0.15) is 0 Å². The van der Waals surface area contributed by atoms with Crippen molar-refractivity contribution in [3.05, 3.63) is 42.5 Å². The topological polar surface area (TPSA) is 62.1 Å². The number of hydrazone groups is 1. The first kappa shape index (κ1) is 27.0. The van der Waals surface area contributed by atoms with Gasteiger partial charge < -0.3 is 19.3 Å². The van der Waals surface area contributed by atoms with Gasteiger partial charge in [0.25, 0.3) is 0 Å². The molecule has 0 fully saturated rings. The number of carbonyl (C=O) groups excluding carboxylic acids is 1. The van der Waals surface area contributed by atoms with E-state index in [1.54, 1.807) is 11.9 Å². The van der Waals surface area contributed by atoms with Crippen LogP contribution in [0.5, 0.6) is 5.75 Å². The molecule has 0 radical (unpaired) electrons. The highest BCUT2D eigenvalue weighted by atomic mass is 16.5. The average Bonchev–Trinajstić information content (AvgIpc) is 2.83. The Hall–Kier alpha value is -3.26. The number of benzene rings is 2. The number of quaternary nitrogens is 1. The number of anilines is 3. The molecule has 0 spiro atoms. The summed E-state index contributed by atoms with van der Waals surface area (Å²) >= 11 is 0. The predicted molar refractivity (Wildman–Crippen MR) is 141 cm³/mol. The van der Waals surface area contributed by atoms with Crippen LogP contribution >= 0.6 is 0 Å². The molecule has 0 saturated heterocycles. The van der Waals surface area contributed by atoms with Gasteiger partial charge >= 0.3 is 11.8 Å². The Balaban J connectivity index is 2.54. The van der Waals surface area contributed by atoms with Crippen molar-refractivity contribution in [3.8, 4) is 5.75 Å².